The van der Waals surface area contributed by atoms with Crippen molar-refractivity contribution in [3.05, 3.63) is 77.7 Å². The number of aliphatic hydroxyl groups excluding tert-OH is 2. The Morgan fingerprint density at radius 1 is 1.00 bits per heavy atom. The lowest BCUT2D eigenvalue weighted by Gasteiger charge is -2.39. The first-order chi connectivity index (χ1) is 23.4. The summed E-state index contributed by atoms with van der Waals surface area (Å²) < 4.78 is 32.0. The molecule has 1 unspecified atom stereocenters. The lowest BCUT2D eigenvalue weighted by atomic mass is 9.82. The van der Waals surface area contributed by atoms with E-state index in [0.29, 0.717) is 65.8 Å². The minimum Gasteiger partial charge on any atom is -0.491 e. The van der Waals surface area contributed by atoms with Gasteiger partial charge >= 0.3 is 0 Å². The van der Waals surface area contributed by atoms with E-state index in [1.807, 2.05) is 48.5 Å². The average Bonchev–Trinajstić information content (AvgIpc) is 3.74. The summed E-state index contributed by atoms with van der Waals surface area (Å²) in [5.41, 5.74) is 10.4. The summed E-state index contributed by atoms with van der Waals surface area (Å²) in [5, 5.41) is 29.7. The van der Waals surface area contributed by atoms with Crippen molar-refractivity contribution in [1.29, 1.82) is 0 Å². The molecular weight excluding hydrogens is 617 g/mol. The summed E-state index contributed by atoms with van der Waals surface area (Å²) in [6.07, 6.45) is 2.29. The number of rotatable bonds is 10. The second-order valence-electron chi connectivity index (χ2n) is 12.7. The van der Waals surface area contributed by atoms with Gasteiger partial charge in [0, 0.05) is 29.9 Å². The third-order valence-corrected chi connectivity index (χ3v) is 9.37. The Bertz CT molecular complexity index is 1960. The number of benzene rings is 3. The van der Waals surface area contributed by atoms with Crippen LogP contribution in [0.5, 0.6) is 17.2 Å². The normalized spacial score (nSPS) is 17.5. The monoisotopic (exact) mass is 653 g/mol. The van der Waals surface area contributed by atoms with E-state index in [4.69, 9.17) is 35.0 Å². The maximum absolute atomic E-state index is 15.4. The van der Waals surface area contributed by atoms with Crippen LogP contribution in [-0.2, 0) is 5.54 Å². The molecule has 12 nitrogen and oxygen atoms in total. The van der Waals surface area contributed by atoms with Crippen molar-refractivity contribution in [3.63, 3.8) is 0 Å². The minimum atomic E-state index is -0.946. The first-order valence-electron chi connectivity index (χ1n) is 16.2. The molecule has 2 aliphatic heterocycles. The Morgan fingerprint density at radius 3 is 2.54 bits per heavy atom. The third kappa shape index (κ3) is 5.84. The molecule has 3 aliphatic rings. The van der Waals surface area contributed by atoms with Gasteiger partial charge in [-0.2, -0.15) is 10.1 Å². The number of halogens is 1. The molecule has 0 spiro atoms. The summed E-state index contributed by atoms with van der Waals surface area (Å²) >= 11 is 0. The summed E-state index contributed by atoms with van der Waals surface area (Å²) in [4.78, 5) is 12.0. The van der Waals surface area contributed by atoms with Crippen molar-refractivity contribution in [2.24, 2.45) is 5.73 Å². The second kappa shape index (κ2) is 12.2. The quantitative estimate of drug-likeness (QED) is 0.142. The molecule has 48 heavy (non-hydrogen) atoms. The molecule has 5 aromatic rings. The molecule has 0 bridgehead atoms. The van der Waals surface area contributed by atoms with Gasteiger partial charge in [-0.05, 0) is 78.8 Å². The topological polar surface area (TPSA) is 164 Å². The van der Waals surface area contributed by atoms with E-state index in [1.54, 1.807) is 12.1 Å². The number of aromatic nitrogens is 4. The number of piperidine rings is 1. The van der Waals surface area contributed by atoms with Crippen molar-refractivity contribution in [3.8, 4) is 28.4 Å². The van der Waals surface area contributed by atoms with Crippen molar-refractivity contribution in [2.75, 3.05) is 43.3 Å². The number of fused-ring (bicyclic) bond motifs is 2. The Labute approximate surface area is 275 Å². The number of aromatic amines is 1. The number of hydrogen-bond donors (Lipinski definition) is 5. The molecule has 4 heterocycles. The highest BCUT2D eigenvalue weighted by Crippen LogP contribution is 2.42. The molecular formula is C35H36FN7O5. The van der Waals surface area contributed by atoms with Gasteiger partial charge in [-0.3, -0.25) is 5.10 Å². The number of nitrogens with two attached hydrogens (primary N) is 1. The zero-order chi connectivity index (χ0) is 32.8. The first-order valence-corrected chi connectivity index (χ1v) is 16.2. The fourth-order valence-corrected chi connectivity index (χ4v) is 6.30. The molecule has 13 heteroatoms. The largest absolute Gasteiger partial charge is 0.491 e. The van der Waals surface area contributed by atoms with Crippen LogP contribution in [0.2, 0.25) is 0 Å². The van der Waals surface area contributed by atoms with E-state index in [1.165, 1.54) is 0 Å². The van der Waals surface area contributed by atoms with Gasteiger partial charge in [0.2, 0.25) is 12.7 Å². The predicted octanol–water partition coefficient (Wildman–Crippen LogP) is 4.70. The number of aliphatic hydroxyl groups is 2. The number of H-pyrrole nitrogens is 1. The van der Waals surface area contributed by atoms with Crippen molar-refractivity contribution >= 4 is 28.5 Å². The van der Waals surface area contributed by atoms with Crippen LogP contribution in [0.15, 0.2) is 60.7 Å². The van der Waals surface area contributed by atoms with Crippen LogP contribution in [0, 0.1) is 5.82 Å². The van der Waals surface area contributed by atoms with Crippen LogP contribution < -0.4 is 30.2 Å². The Kier molecular flexibility index (Phi) is 7.74. The molecule has 1 saturated carbocycles. The van der Waals surface area contributed by atoms with E-state index < -0.39 is 17.5 Å². The van der Waals surface area contributed by atoms with Gasteiger partial charge in [-0.25, -0.2) is 9.37 Å². The molecule has 248 valence electrons. The number of anilines is 3. The highest BCUT2D eigenvalue weighted by atomic mass is 19.1. The van der Waals surface area contributed by atoms with Crippen molar-refractivity contribution < 1.29 is 28.8 Å². The number of hydrogen-bond acceptors (Lipinski definition) is 11. The van der Waals surface area contributed by atoms with Gasteiger partial charge in [0.25, 0.3) is 0 Å². The Morgan fingerprint density at radius 2 is 1.77 bits per heavy atom. The van der Waals surface area contributed by atoms with Gasteiger partial charge in [0.1, 0.15) is 24.3 Å². The fraction of sp³-hybridized carbons (Fsp3) is 0.343. The molecule has 2 aromatic heterocycles. The van der Waals surface area contributed by atoms with Crippen LogP contribution in [0.1, 0.15) is 42.9 Å². The zero-order valence-corrected chi connectivity index (χ0v) is 26.2. The molecule has 6 N–H and O–H groups in total. The number of nitrogens with zero attached hydrogens (tertiary/aromatic N) is 4. The molecule has 8 rings (SSSR count). The van der Waals surface area contributed by atoms with Gasteiger partial charge in [-0.1, -0.05) is 24.3 Å². The molecule has 3 aromatic carbocycles. The average molecular weight is 654 g/mol. The molecule has 1 saturated heterocycles. The summed E-state index contributed by atoms with van der Waals surface area (Å²) in [5.74, 6) is 2.87. The maximum Gasteiger partial charge on any atom is 0.231 e. The van der Waals surface area contributed by atoms with Crippen LogP contribution in [-0.4, -0.2) is 69.6 Å². The smallest absolute Gasteiger partial charge is 0.231 e. The van der Waals surface area contributed by atoms with E-state index >= 15 is 4.39 Å². The molecule has 0 amide bonds. The second-order valence-corrected chi connectivity index (χ2v) is 12.7. The Balaban J connectivity index is 1.09. The van der Waals surface area contributed by atoms with Crippen LogP contribution in [0.4, 0.5) is 22.0 Å². The highest BCUT2D eigenvalue weighted by molar-refractivity contribution is 5.94. The Hall–Kier alpha value is -4.98. The summed E-state index contributed by atoms with van der Waals surface area (Å²) in [6.45, 7) is 1.09. The predicted molar refractivity (Wildman–Crippen MR) is 177 cm³/mol. The van der Waals surface area contributed by atoms with E-state index in [-0.39, 0.29) is 31.7 Å². The van der Waals surface area contributed by atoms with Crippen molar-refractivity contribution in [2.45, 2.75) is 43.2 Å². The maximum atomic E-state index is 15.4. The molecule has 0 radical (unpaired) electrons. The lowest BCUT2D eigenvalue weighted by molar-refractivity contribution is 0.0536. The zero-order valence-electron chi connectivity index (χ0n) is 26.2. The fourth-order valence-electron chi connectivity index (χ4n) is 6.30. The SMILES string of the molecule is NC1(c2ccc3c(c2)OCO3)CCN(c2nc(Nc3n[nH]c(C4CC4)c3F)c3cc(-c4ccc(OCC(O)CO)cc4)ccc3n2)CC1. The summed E-state index contributed by atoms with van der Waals surface area (Å²) in [7, 11) is 0. The summed E-state index contributed by atoms with van der Waals surface area (Å²) in [6, 6.07) is 19.2. The van der Waals surface area contributed by atoms with Gasteiger partial charge in [0.15, 0.2) is 23.1 Å². The van der Waals surface area contributed by atoms with E-state index in [9.17, 15) is 5.11 Å². The lowest BCUT2D eigenvalue weighted by Crippen LogP contribution is -2.48. The minimum absolute atomic E-state index is 0.00553. The molecule has 2 fully saturated rings. The number of nitrogens with one attached hydrogen (secondary N) is 2. The van der Waals surface area contributed by atoms with E-state index in [2.05, 4.69) is 20.4 Å². The van der Waals surface area contributed by atoms with Gasteiger partial charge in [0.05, 0.1) is 17.8 Å². The van der Waals surface area contributed by atoms with E-state index in [0.717, 1.165) is 35.3 Å². The first kappa shape index (κ1) is 30.4. The standard InChI is InChI=1S/C35H36FN7O5/c36-30-31(21-1-2-21)41-42-33(30)39-32-26-15-22(20-3-7-25(8-4-20)46-18-24(45)17-44)5-9-27(26)38-34(40-32)43-13-11-35(37,12-14-43)23-6-10-28-29(16-23)48-19-47-28/h3-10,15-16,21,24,44-45H,1-2,11-14,17-19,37H2,(H2,38,39,40,41,42). The highest BCUT2D eigenvalue weighted by Gasteiger charge is 2.35. The third-order valence-electron chi connectivity index (χ3n) is 9.37. The van der Waals surface area contributed by atoms with Gasteiger partial charge < -0.3 is 40.4 Å². The van der Waals surface area contributed by atoms with Gasteiger partial charge in [-0.15, -0.1) is 0 Å². The van der Waals surface area contributed by atoms with Crippen LogP contribution in [0.3, 0.4) is 0 Å². The number of ether oxygens (including phenoxy) is 3. The van der Waals surface area contributed by atoms with Crippen LogP contribution in [0.25, 0.3) is 22.0 Å². The van der Waals surface area contributed by atoms with Crippen LogP contribution >= 0.6 is 0 Å². The van der Waals surface area contributed by atoms with Crippen molar-refractivity contribution in [1.82, 2.24) is 20.2 Å². The molecule has 1 aliphatic carbocycles. The molecule has 1 atom stereocenters.